The minimum atomic E-state index is -0.580. The molecular formula is C29H16F2N2O4. The summed E-state index contributed by atoms with van der Waals surface area (Å²) in [6, 6.07) is 21.7. The summed E-state index contributed by atoms with van der Waals surface area (Å²) < 4.78 is 37.9. The first-order valence-electron chi connectivity index (χ1n) is 11.3. The second-order valence-corrected chi connectivity index (χ2v) is 8.51. The van der Waals surface area contributed by atoms with Crippen molar-refractivity contribution in [3.63, 3.8) is 0 Å². The van der Waals surface area contributed by atoms with E-state index in [1.165, 1.54) is 36.4 Å². The van der Waals surface area contributed by atoms with Crippen LogP contribution in [0.2, 0.25) is 0 Å². The minimum Gasteiger partial charge on any atom is -0.403 e. The van der Waals surface area contributed by atoms with E-state index in [2.05, 4.69) is 9.97 Å². The summed E-state index contributed by atoms with van der Waals surface area (Å²) >= 11 is 0. The number of aromatic nitrogens is 2. The van der Waals surface area contributed by atoms with Crippen molar-refractivity contribution in [1.29, 1.82) is 0 Å². The molecule has 0 N–H and O–H groups in total. The highest BCUT2D eigenvalue weighted by Crippen LogP contribution is 2.23. The summed E-state index contributed by atoms with van der Waals surface area (Å²) in [6.45, 7) is 0. The zero-order valence-corrected chi connectivity index (χ0v) is 19.1. The Kier molecular flexibility index (Phi) is 5.41. The Morgan fingerprint density at radius 3 is 1.81 bits per heavy atom. The van der Waals surface area contributed by atoms with Crippen LogP contribution >= 0.6 is 0 Å². The first-order valence-corrected chi connectivity index (χ1v) is 11.3. The summed E-state index contributed by atoms with van der Waals surface area (Å²) in [5.74, 6) is -0.854. The SMILES string of the molecule is O=c1oc(-c2cccc(F)c2)nc2cc(Cc3ccc4nc(-c5cccc(F)c5)oc(=O)c4c3)ccc12. The van der Waals surface area contributed by atoms with E-state index in [1.807, 2.05) is 6.07 Å². The molecule has 6 aromatic rings. The Hall–Kier alpha value is -4.98. The molecule has 0 spiro atoms. The highest BCUT2D eigenvalue weighted by molar-refractivity contribution is 5.81. The molecule has 8 heteroatoms. The third-order valence-corrected chi connectivity index (χ3v) is 5.94. The van der Waals surface area contributed by atoms with Crippen molar-refractivity contribution >= 4 is 21.8 Å². The largest absolute Gasteiger partial charge is 0.403 e. The third kappa shape index (κ3) is 4.40. The molecule has 4 aromatic carbocycles. The minimum absolute atomic E-state index is 0.0256. The monoisotopic (exact) mass is 494 g/mol. The van der Waals surface area contributed by atoms with Gasteiger partial charge in [0.1, 0.15) is 11.6 Å². The van der Waals surface area contributed by atoms with Crippen LogP contribution in [-0.4, -0.2) is 9.97 Å². The van der Waals surface area contributed by atoms with E-state index in [0.717, 1.165) is 11.1 Å². The average Bonchev–Trinajstić information content (AvgIpc) is 2.89. The van der Waals surface area contributed by atoms with Crippen molar-refractivity contribution in [1.82, 2.24) is 9.97 Å². The lowest BCUT2D eigenvalue weighted by Crippen LogP contribution is -2.05. The van der Waals surface area contributed by atoms with Gasteiger partial charge in [-0.1, -0.05) is 24.3 Å². The van der Waals surface area contributed by atoms with Crippen LogP contribution in [0.4, 0.5) is 8.78 Å². The zero-order valence-electron chi connectivity index (χ0n) is 19.1. The van der Waals surface area contributed by atoms with Crippen molar-refractivity contribution < 1.29 is 17.6 Å². The van der Waals surface area contributed by atoms with E-state index in [9.17, 15) is 18.4 Å². The van der Waals surface area contributed by atoms with Crippen LogP contribution in [0.25, 0.3) is 44.7 Å². The molecule has 6 nitrogen and oxygen atoms in total. The molecule has 0 radical (unpaired) electrons. The van der Waals surface area contributed by atoms with Crippen LogP contribution in [0.3, 0.4) is 0 Å². The van der Waals surface area contributed by atoms with Crippen LogP contribution in [0.15, 0.2) is 103 Å². The molecule has 0 unspecified atom stereocenters. The van der Waals surface area contributed by atoms with Gasteiger partial charge in [-0.2, -0.15) is 0 Å². The molecule has 2 heterocycles. The van der Waals surface area contributed by atoms with Crippen molar-refractivity contribution in [2.45, 2.75) is 6.42 Å². The lowest BCUT2D eigenvalue weighted by atomic mass is 10.0. The summed E-state index contributed by atoms with van der Waals surface area (Å²) in [5.41, 5.74) is 2.07. The molecule has 0 atom stereocenters. The third-order valence-electron chi connectivity index (χ3n) is 5.94. The van der Waals surface area contributed by atoms with Gasteiger partial charge in [0.25, 0.3) is 0 Å². The van der Waals surface area contributed by atoms with Gasteiger partial charge in [0.05, 0.1) is 21.8 Å². The topological polar surface area (TPSA) is 86.2 Å². The van der Waals surface area contributed by atoms with Gasteiger partial charge in [0, 0.05) is 11.1 Å². The highest BCUT2D eigenvalue weighted by atomic mass is 19.1. The summed E-state index contributed by atoms with van der Waals surface area (Å²) in [6.07, 6.45) is 0.439. The van der Waals surface area contributed by atoms with Crippen molar-refractivity contribution in [3.05, 3.63) is 129 Å². The van der Waals surface area contributed by atoms with Gasteiger partial charge in [-0.3, -0.25) is 0 Å². The molecule has 0 fully saturated rings. The van der Waals surface area contributed by atoms with E-state index in [4.69, 9.17) is 8.83 Å². The Morgan fingerprint density at radius 1 is 0.595 bits per heavy atom. The van der Waals surface area contributed by atoms with Crippen molar-refractivity contribution in [2.24, 2.45) is 0 Å². The second-order valence-electron chi connectivity index (χ2n) is 8.51. The van der Waals surface area contributed by atoms with Gasteiger partial charge >= 0.3 is 11.3 Å². The van der Waals surface area contributed by atoms with Gasteiger partial charge < -0.3 is 8.83 Å². The van der Waals surface area contributed by atoms with E-state index in [-0.39, 0.29) is 11.8 Å². The van der Waals surface area contributed by atoms with Crippen LogP contribution in [0.5, 0.6) is 0 Å². The predicted molar refractivity (Wildman–Crippen MR) is 134 cm³/mol. The average molecular weight is 494 g/mol. The maximum absolute atomic E-state index is 13.6. The fourth-order valence-corrected chi connectivity index (χ4v) is 4.18. The van der Waals surface area contributed by atoms with Gasteiger partial charge in [0.2, 0.25) is 11.8 Å². The molecule has 0 aliphatic carbocycles. The molecule has 37 heavy (non-hydrogen) atoms. The lowest BCUT2D eigenvalue weighted by molar-refractivity contribution is 0.517. The molecule has 0 bridgehead atoms. The number of hydrogen-bond donors (Lipinski definition) is 0. The summed E-state index contributed by atoms with van der Waals surface area (Å²) in [7, 11) is 0. The molecule has 0 saturated carbocycles. The zero-order chi connectivity index (χ0) is 25.5. The van der Waals surface area contributed by atoms with Crippen LogP contribution in [0.1, 0.15) is 11.1 Å². The van der Waals surface area contributed by atoms with Crippen LogP contribution < -0.4 is 11.3 Å². The first-order chi connectivity index (χ1) is 17.9. The Balaban J connectivity index is 1.35. The van der Waals surface area contributed by atoms with Gasteiger partial charge in [-0.05, 0) is 78.2 Å². The summed E-state index contributed by atoms with van der Waals surface area (Å²) in [4.78, 5) is 34.0. The highest BCUT2D eigenvalue weighted by Gasteiger charge is 2.13. The van der Waals surface area contributed by atoms with Gasteiger partial charge in [-0.25, -0.2) is 28.3 Å². The fourth-order valence-electron chi connectivity index (χ4n) is 4.18. The smallest absolute Gasteiger partial charge is 0.347 e. The number of rotatable bonds is 4. The first kappa shape index (κ1) is 22.5. The van der Waals surface area contributed by atoms with Crippen LogP contribution in [0, 0.1) is 11.6 Å². The van der Waals surface area contributed by atoms with E-state index >= 15 is 0 Å². The van der Waals surface area contributed by atoms with Crippen molar-refractivity contribution in [3.8, 4) is 22.9 Å². The van der Waals surface area contributed by atoms with E-state index in [0.29, 0.717) is 39.4 Å². The molecule has 6 rings (SSSR count). The molecule has 0 amide bonds. The molecular weight excluding hydrogens is 478 g/mol. The number of fused-ring (bicyclic) bond motifs is 2. The van der Waals surface area contributed by atoms with E-state index in [1.54, 1.807) is 42.5 Å². The number of halogens is 2. The predicted octanol–water partition coefficient (Wildman–Crippen LogP) is 5.89. The number of nitrogens with zero attached hydrogens (tertiary/aromatic N) is 2. The quantitative estimate of drug-likeness (QED) is 0.304. The maximum Gasteiger partial charge on any atom is 0.347 e. The molecule has 0 aliphatic rings. The molecule has 2 aromatic heterocycles. The van der Waals surface area contributed by atoms with Gasteiger partial charge in [0.15, 0.2) is 0 Å². The second kappa shape index (κ2) is 8.91. The lowest BCUT2D eigenvalue weighted by Gasteiger charge is -2.07. The normalized spacial score (nSPS) is 11.3. The molecule has 0 saturated heterocycles. The number of hydrogen-bond acceptors (Lipinski definition) is 6. The fraction of sp³-hybridized carbons (Fsp3) is 0.0345. The molecule has 180 valence electrons. The van der Waals surface area contributed by atoms with Gasteiger partial charge in [-0.15, -0.1) is 0 Å². The summed E-state index contributed by atoms with van der Waals surface area (Å²) in [5, 5.41) is 0.600. The van der Waals surface area contributed by atoms with Crippen molar-refractivity contribution in [2.75, 3.05) is 0 Å². The van der Waals surface area contributed by atoms with Crippen LogP contribution in [-0.2, 0) is 6.42 Å². The standard InChI is InChI=1S/C29H16F2N2O4/c30-20-5-1-3-18(14-20)26-32-24-10-8-16(12-23(24)29(35)37-26)11-17-7-9-22-25(13-17)33-27(36-28(22)34)19-4-2-6-21(31)15-19/h1-10,12-15H,11H2. The maximum atomic E-state index is 13.6. The Morgan fingerprint density at radius 2 is 1.16 bits per heavy atom. The molecule has 0 aliphatic heterocycles. The Bertz CT molecular complexity index is 1950. The number of benzene rings is 4. The Labute approximate surface area is 207 Å². The van der Waals surface area contributed by atoms with E-state index < -0.39 is 22.9 Å².